The lowest BCUT2D eigenvalue weighted by Gasteiger charge is -2.30. The van der Waals surface area contributed by atoms with Crippen LogP contribution in [0.25, 0.3) is 21.5 Å². The molecule has 8 heteroatoms. The molecule has 0 bridgehead atoms. The molecule has 2 atom stereocenters. The van der Waals surface area contributed by atoms with Crippen LogP contribution in [0.4, 0.5) is 5.82 Å². The molecule has 7 nitrogen and oxygen atoms in total. The Morgan fingerprint density at radius 1 is 0.892 bits per heavy atom. The van der Waals surface area contributed by atoms with Gasteiger partial charge in [0.15, 0.2) is 0 Å². The van der Waals surface area contributed by atoms with Crippen LogP contribution in [0.5, 0.6) is 11.5 Å². The lowest BCUT2D eigenvalue weighted by molar-refractivity contribution is 0.0700. The number of anilines is 1. The van der Waals surface area contributed by atoms with Crippen LogP contribution in [-0.2, 0) is 6.42 Å². The highest BCUT2D eigenvalue weighted by atomic mass is 32.1. The van der Waals surface area contributed by atoms with Gasteiger partial charge >= 0.3 is 0 Å². The number of hydrogen-bond donors (Lipinski definition) is 2. The number of piperidine rings is 1. The van der Waals surface area contributed by atoms with E-state index in [-0.39, 0.29) is 12.2 Å². The van der Waals surface area contributed by atoms with Crippen molar-refractivity contribution in [2.45, 2.75) is 57.2 Å². The first-order valence-electron chi connectivity index (χ1n) is 13.2. The van der Waals surface area contributed by atoms with Crippen LogP contribution >= 0.6 is 11.3 Å². The number of rotatable bonds is 6. The highest BCUT2D eigenvalue weighted by Crippen LogP contribution is 2.34. The zero-order chi connectivity index (χ0) is 25.2. The van der Waals surface area contributed by atoms with Crippen molar-refractivity contribution in [1.82, 2.24) is 15.0 Å². The summed E-state index contributed by atoms with van der Waals surface area (Å²) in [5.41, 5.74) is 2.78. The minimum Gasteiger partial charge on any atom is -0.457 e. The Balaban J connectivity index is 1.17. The Morgan fingerprint density at radius 3 is 2.57 bits per heavy atom. The first-order chi connectivity index (χ1) is 18.1. The minimum atomic E-state index is -0.213. The number of fused-ring (bicyclic) bond motifs is 1. The third kappa shape index (κ3) is 5.61. The number of benzene rings is 1. The number of ether oxygens (including phenoxy) is 1. The summed E-state index contributed by atoms with van der Waals surface area (Å²) in [5, 5.41) is 21.2. The fourth-order valence-electron chi connectivity index (χ4n) is 5.37. The molecule has 1 aromatic carbocycles. The Morgan fingerprint density at radius 2 is 1.70 bits per heavy atom. The molecule has 0 unspecified atom stereocenters. The lowest BCUT2D eigenvalue weighted by atomic mass is 9.84. The summed E-state index contributed by atoms with van der Waals surface area (Å²) >= 11 is 1.69. The van der Waals surface area contributed by atoms with Crippen LogP contribution in [0.15, 0.2) is 54.9 Å². The number of pyridine rings is 2. The SMILES string of the molecule is OC1CCN(c2cc(-c3cc(Oc4ccc5nc(C[C@@H]6CCCC[C@H]6O)sc5c4)ccn3)ccn2)CC1. The third-order valence-electron chi connectivity index (χ3n) is 7.51. The summed E-state index contributed by atoms with van der Waals surface area (Å²) < 4.78 is 7.32. The Kier molecular flexibility index (Phi) is 7.04. The average Bonchev–Trinajstić information content (AvgIpc) is 3.32. The zero-order valence-corrected chi connectivity index (χ0v) is 21.6. The van der Waals surface area contributed by atoms with E-state index in [1.807, 2.05) is 42.6 Å². The minimum absolute atomic E-state index is 0.204. The standard InChI is InChI=1S/C29H32N4O3S/c34-21-9-13-33(14-10-21)28-15-19(7-11-31-28)25-17-23(8-12-30-25)36-22-5-6-24-27(18-22)37-29(32-24)16-20-3-1-2-4-26(20)35/h5-8,11-12,15,17-18,20-21,26,34-35H,1-4,9-10,13-14,16H2/t20-,26+/m0/s1. The maximum absolute atomic E-state index is 10.3. The van der Waals surface area contributed by atoms with Crippen molar-refractivity contribution in [2.75, 3.05) is 18.0 Å². The Hall–Kier alpha value is -3.07. The molecule has 2 aliphatic rings. The zero-order valence-electron chi connectivity index (χ0n) is 20.8. The van der Waals surface area contributed by atoms with Crippen LogP contribution < -0.4 is 9.64 Å². The summed E-state index contributed by atoms with van der Waals surface area (Å²) in [6.45, 7) is 1.61. The Labute approximate surface area is 220 Å². The van der Waals surface area contributed by atoms with Crippen molar-refractivity contribution in [3.63, 3.8) is 0 Å². The van der Waals surface area contributed by atoms with E-state index in [4.69, 9.17) is 9.72 Å². The van der Waals surface area contributed by atoms with Crippen molar-refractivity contribution in [3.05, 3.63) is 59.9 Å². The summed E-state index contributed by atoms with van der Waals surface area (Å²) in [7, 11) is 0. The monoisotopic (exact) mass is 516 g/mol. The molecule has 37 heavy (non-hydrogen) atoms. The normalized spacial score (nSPS) is 20.9. The number of nitrogens with zero attached hydrogens (tertiary/aromatic N) is 4. The van der Waals surface area contributed by atoms with Gasteiger partial charge in [-0.2, -0.15) is 0 Å². The molecule has 0 amide bonds. The second kappa shape index (κ2) is 10.7. The van der Waals surface area contributed by atoms with Gasteiger partial charge in [-0.05, 0) is 61.9 Å². The molecule has 1 saturated heterocycles. The number of hydrogen-bond acceptors (Lipinski definition) is 8. The van der Waals surface area contributed by atoms with E-state index in [1.54, 1.807) is 17.5 Å². The molecule has 1 saturated carbocycles. The number of thiazole rings is 1. The topological polar surface area (TPSA) is 91.6 Å². The predicted octanol–water partition coefficient (Wildman–Crippen LogP) is 5.60. The summed E-state index contributed by atoms with van der Waals surface area (Å²) in [5.74, 6) is 2.71. The maximum Gasteiger partial charge on any atom is 0.131 e. The summed E-state index contributed by atoms with van der Waals surface area (Å²) in [6.07, 6.45) is 9.84. The lowest BCUT2D eigenvalue weighted by Crippen LogP contribution is -2.36. The Bertz CT molecular complexity index is 1370. The molecule has 3 aromatic heterocycles. The van der Waals surface area contributed by atoms with E-state index < -0.39 is 0 Å². The van der Waals surface area contributed by atoms with Gasteiger partial charge in [-0.1, -0.05) is 12.8 Å². The van der Waals surface area contributed by atoms with Gasteiger partial charge in [-0.25, -0.2) is 9.97 Å². The van der Waals surface area contributed by atoms with E-state index in [0.717, 1.165) is 95.4 Å². The van der Waals surface area contributed by atoms with Gasteiger partial charge in [0.2, 0.25) is 0 Å². The van der Waals surface area contributed by atoms with E-state index in [9.17, 15) is 10.2 Å². The quantitative estimate of drug-likeness (QED) is 0.345. The number of aliphatic hydroxyl groups excluding tert-OH is 2. The fourth-order valence-corrected chi connectivity index (χ4v) is 6.46. The van der Waals surface area contributed by atoms with E-state index in [2.05, 4.69) is 20.9 Å². The molecule has 0 radical (unpaired) electrons. The summed E-state index contributed by atoms with van der Waals surface area (Å²) in [4.78, 5) is 16.1. The molecule has 1 aliphatic carbocycles. The van der Waals surface area contributed by atoms with Crippen LogP contribution in [0.3, 0.4) is 0 Å². The smallest absolute Gasteiger partial charge is 0.131 e. The molecule has 2 fully saturated rings. The average molecular weight is 517 g/mol. The fraction of sp³-hybridized carbons (Fsp3) is 0.414. The van der Waals surface area contributed by atoms with Gasteiger partial charge in [0.25, 0.3) is 0 Å². The molecule has 6 rings (SSSR count). The first-order valence-corrected chi connectivity index (χ1v) is 14.0. The van der Waals surface area contributed by atoms with Crippen molar-refractivity contribution in [3.8, 4) is 22.8 Å². The molecule has 1 aliphatic heterocycles. The van der Waals surface area contributed by atoms with Gasteiger partial charge < -0.3 is 19.8 Å². The molecule has 4 aromatic rings. The van der Waals surface area contributed by atoms with E-state index in [1.165, 1.54) is 6.42 Å². The van der Waals surface area contributed by atoms with Crippen LogP contribution in [-0.4, -0.2) is 50.5 Å². The molecule has 4 heterocycles. The highest BCUT2D eigenvalue weighted by molar-refractivity contribution is 7.18. The number of aliphatic hydroxyl groups is 2. The van der Waals surface area contributed by atoms with E-state index in [0.29, 0.717) is 5.92 Å². The number of aromatic nitrogens is 3. The largest absolute Gasteiger partial charge is 0.457 e. The van der Waals surface area contributed by atoms with Gasteiger partial charge in [0.05, 0.1) is 33.1 Å². The third-order valence-corrected chi connectivity index (χ3v) is 8.55. The maximum atomic E-state index is 10.3. The molecular formula is C29H32N4O3S. The van der Waals surface area contributed by atoms with Crippen molar-refractivity contribution >= 4 is 27.4 Å². The second-order valence-corrected chi connectivity index (χ2v) is 11.3. The molecule has 2 N–H and O–H groups in total. The molecular weight excluding hydrogens is 484 g/mol. The van der Waals surface area contributed by atoms with Gasteiger partial charge in [0.1, 0.15) is 17.3 Å². The van der Waals surface area contributed by atoms with Gasteiger partial charge in [-0.3, -0.25) is 4.98 Å². The van der Waals surface area contributed by atoms with Gasteiger partial charge in [-0.15, -0.1) is 11.3 Å². The van der Waals surface area contributed by atoms with Crippen molar-refractivity contribution in [1.29, 1.82) is 0 Å². The first kappa shape index (κ1) is 24.3. The second-order valence-electron chi connectivity index (χ2n) is 10.2. The molecule has 192 valence electrons. The summed E-state index contributed by atoms with van der Waals surface area (Å²) in [6, 6.07) is 13.8. The highest BCUT2D eigenvalue weighted by Gasteiger charge is 2.24. The van der Waals surface area contributed by atoms with E-state index >= 15 is 0 Å². The van der Waals surface area contributed by atoms with Crippen LogP contribution in [0.1, 0.15) is 43.5 Å². The molecule has 0 spiro atoms. The van der Waals surface area contributed by atoms with Crippen LogP contribution in [0.2, 0.25) is 0 Å². The van der Waals surface area contributed by atoms with Crippen molar-refractivity contribution in [2.24, 2.45) is 5.92 Å². The van der Waals surface area contributed by atoms with Gasteiger partial charge in [0, 0.05) is 49.6 Å². The van der Waals surface area contributed by atoms with Crippen molar-refractivity contribution < 1.29 is 14.9 Å². The predicted molar refractivity (Wildman–Crippen MR) is 146 cm³/mol. The van der Waals surface area contributed by atoms with Crippen LogP contribution in [0, 0.1) is 5.92 Å².